The maximum absolute atomic E-state index is 12.2. The molecule has 1 aromatic rings. The van der Waals surface area contributed by atoms with Gasteiger partial charge < -0.3 is 10.2 Å². The summed E-state index contributed by atoms with van der Waals surface area (Å²) in [4.78, 5) is 20.4. The van der Waals surface area contributed by atoms with Crippen molar-refractivity contribution < 1.29 is 4.79 Å². The van der Waals surface area contributed by atoms with E-state index in [0.29, 0.717) is 12.3 Å². The van der Waals surface area contributed by atoms with E-state index in [1.54, 1.807) is 11.3 Å². The number of aromatic nitrogens is 1. The fraction of sp³-hybridized carbons (Fsp3) is 0.778. The van der Waals surface area contributed by atoms with Gasteiger partial charge in [0, 0.05) is 24.0 Å². The number of amides is 1. The van der Waals surface area contributed by atoms with Gasteiger partial charge in [-0.05, 0) is 45.6 Å². The van der Waals surface area contributed by atoms with Crippen molar-refractivity contribution in [1.29, 1.82) is 0 Å². The molecular formula is C18H29N3OS. The van der Waals surface area contributed by atoms with Gasteiger partial charge in [0.2, 0.25) is 5.91 Å². The van der Waals surface area contributed by atoms with Gasteiger partial charge in [-0.15, -0.1) is 11.3 Å². The van der Waals surface area contributed by atoms with Crippen LogP contribution in [0.3, 0.4) is 0 Å². The minimum Gasteiger partial charge on any atom is -0.355 e. The number of carbonyl (C=O) groups is 1. The molecule has 2 fully saturated rings. The lowest BCUT2D eigenvalue weighted by molar-refractivity contribution is -0.120. The summed E-state index contributed by atoms with van der Waals surface area (Å²) in [6.07, 6.45) is 8.62. The van der Waals surface area contributed by atoms with E-state index >= 15 is 0 Å². The van der Waals surface area contributed by atoms with E-state index in [-0.39, 0.29) is 5.91 Å². The van der Waals surface area contributed by atoms with Crippen LogP contribution in [0.25, 0.3) is 0 Å². The molecule has 2 aliphatic rings. The van der Waals surface area contributed by atoms with Crippen molar-refractivity contribution in [3.63, 3.8) is 0 Å². The van der Waals surface area contributed by atoms with Crippen molar-refractivity contribution in [3.05, 3.63) is 15.6 Å². The van der Waals surface area contributed by atoms with E-state index in [1.165, 1.54) is 56.5 Å². The molecule has 1 N–H and O–H groups in total. The Hall–Kier alpha value is -0.940. The highest BCUT2D eigenvalue weighted by atomic mass is 32.1. The molecule has 3 rings (SSSR count). The second kappa shape index (κ2) is 7.75. The molecule has 1 aromatic heterocycles. The summed E-state index contributed by atoms with van der Waals surface area (Å²) in [5.74, 6) is 0.744. The molecule has 0 bridgehead atoms. The lowest BCUT2D eigenvalue weighted by atomic mass is 9.94. The van der Waals surface area contributed by atoms with Crippen LogP contribution in [0.1, 0.15) is 54.1 Å². The number of carbonyl (C=O) groups excluding carboxylic acids is 1. The van der Waals surface area contributed by atoms with E-state index in [2.05, 4.69) is 15.2 Å². The van der Waals surface area contributed by atoms with Gasteiger partial charge in [0.05, 0.1) is 17.1 Å². The lowest BCUT2D eigenvalue weighted by Gasteiger charge is -2.31. The minimum atomic E-state index is 0.120. The zero-order valence-electron chi connectivity index (χ0n) is 14.4. The van der Waals surface area contributed by atoms with E-state index < -0.39 is 0 Å². The van der Waals surface area contributed by atoms with Gasteiger partial charge in [-0.25, -0.2) is 4.98 Å². The average molecular weight is 336 g/mol. The van der Waals surface area contributed by atoms with Gasteiger partial charge in [-0.1, -0.05) is 19.3 Å². The number of nitrogens with zero attached hydrogens (tertiary/aromatic N) is 2. The summed E-state index contributed by atoms with van der Waals surface area (Å²) >= 11 is 1.67. The monoisotopic (exact) mass is 335 g/mol. The molecule has 0 unspecified atom stereocenters. The van der Waals surface area contributed by atoms with Crippen LogP contribution in [0.15, 0.2) is 0 Å². The standard InChI is InChI=1S/C18H29N3OS/c1-13-17(20-14(2)23-13)10-18(22)19-11-15-8-9-21(12-15)16-6-4-3-5-7-16/h15-16H,3-12H2,1-2H3,(H,19,22)/t15-/m0/s1. The molecule has 1 aliphatic carbocycles. The van der Waals surface area contributed by atoms with Crippen molar-refractivity contribution >= 4 is 17.2 Å². The van der Waals surface area contributed by atoms with E-state index in [1.807, 2.05) is 13.8 Å². The number of likely N-dealkylation sites (tertiary alicyclic amines) is 1. The maximum atomic E-state index is 12.2. The molecule has 1 amide bonds. The van der Waals surface area contributed by atoms with Gasteiger partial charge in [-0.3, -0.25) is 4.79 Å². The maximum Gasteiger partial charge on any atom is 0.226 e. The van der Waals surface area contributed by atoms with Crippen LogP contribution in [-0.4, -0.2) is 41.5 Å². The fourth-order valence-electron chi connectivity index (χ4n) is 4.02. The van der Waals surface area contributed by atoms with Crippen molar-refractivity contribution in [2.24, 2.45) is 5.92 Å². The molecular weight excluding hydrogens is 306 g/mol. The van der Waals surface area contributed by atoms with Crippen molar-refractivity contribution in [3.8, 4) is 0 Å². The molecule has 5 heteroatoms. The number of rotatable bonds is 5. The molecule has 4 nitrogen and oxygen atoms in total. The van der Waals surface area contributed by atoms with Crippen LogP contribution in [-0.2, 0) is 11.2 Å². The normalized spacial score (nSPS) is 23.3. The van der Waals surface area contributed by atoms with Gasteiger partial charge in [0.1, 0.15) is 0 Å². The first-order chi connectivity index (χ1) is 11.1. The Balaban J connectivity index is 1.40. The van der Waals surface area contributed by atoms with Crippen LogP contribution >= 0.6 is 11.3 Å². The summed E-state index contributed by atoms with van der Waals surface area (Å²) in [6.45, 7) is 7.25. The van der Waals surface area contributed by atoms with Crippen LogP contribution in [0, 0.1) is 19.8 Å². The zero-order chi connectivity index (χ0) is 16.2. The molecule has 128 valence electrons. The van der Waals surface area contributed by atoms with Crippen LogP contribution < -0.4 is 5.32 Å². The van der Waals surface area contributed by atoms with Gasteiger partial charge >= 0.3 is 0 Å². The van der Waals surface area contributed by atoms with Crippen molar-refractivity contribution in [2.75, 3.05) is 19.6 Å². The van der Waals surface area contributed by atoms with Gasteiger partial charge in [0.15, 0.2) is 0 Å². The molecule has 2 heterocycles. The van der Waals surface area contributed by atoms with Crippen molar-refractivity contribution in [1.82, 2.24) is 15.2 Å². The largest absolute Gasteiger partial charge is 0.355 e. The first-order valence-electron chi connectivity index (χ1n) is 9.05. The fourth-order valence-corrected chi connectivity index (χ4v) is 4.85. The number of aryl methyl sites for hydroxylation is 2. The second-order valence-corrected chi connectivity index (χ2v) is 8.57. The molecule has 1 aliphatic heterocycles. The van der Waals surface area contributed by atoms with Gasteiger partial charge in [0.25, 0.3) is 0 Å². The summed E-state index contributed by atoms with van der Waals surface area (Å²) in [6, 6.07) is 0.810. The van der Waals surface area contributed by atoms with Crippen LogP contribution in [0.2, 0.25) is 0 Å². The summed E-state index contributed by atoms with van der Waals surface area (Å²) in [5, 5.41) is 4.18. The summed E-state index contributed by atoms with van der Waals surface area (Å²) in [5.41, 5.74) is 0.945. The van der Waals surface area contributed by atoms with E-state index in [0.717, 1.165) is 23.3 Å². The summed E-state index contributed by atoms with van der Waals surface area (Å²) < 4.78 is 0. The Morgan fingerprint density at radius 1 is 1.26 bits per heavy atom. The second-order valence-electron chi connectivity index (χ2n) is 7.16. The third-order valence-electron chi connectivity index (χ3n) is 5.32. The Morgan fingerprint density at radius 3 is 2.74 bits per heavy atom. The molecule has 0 radical (unpaired) electrons. The Kier molecular flexibility index (Phi) is 5.70. The Labute approximate surface area is 143 Å². The lowest BCUT2D eigenvalue weighted by Crippen LogP contribution is -2.36. The smallest absolute Gasteiger partial charge is 0.226 e. The molecule has 1 saturated carbocycles. The summed E-state index contributed by atoms with van der Waals surface area (Å²) in [7, 11) is 0. The minimum absolute atomic E-state index is 0.120. The quantitative estimate of drug-likeness (QED) is 0.899. The number of nitrogens with one attached hydrogen (secondary N) is 1. The Bertz CT molecular complexity index is 536. The average Bonchev–Trinajstić information content (AvgIpc) is 3.13. The predicted molar refractivity (Wildman–Crippen MR) is 94.9 cm³/mol. The first kappa shape index (κ1) is 16.9. The third kappa shape index (κ3) is 4.54. The number of hydrogen-bond donors (Lipinski definition) is 1. The highest BCUT2D eigenvalue weighted by molar-refractivity contribution is 7.11. The molecule has 0 aromatic carbocycles. The van der Waals surface area contributed by atoms with E-state index in [4.69, 9.17) is 0 Å². The topological polar surface area (TPSA) is 45.2 Å². The molecule has 0 spiro atoms. The van der Waals surface area contributed by atoms with E-state index in [9.17, 15) is 4.79 Å². The first-order valence-corrected chi connectivity index (χ1v) is 9.87. The van der Waals surface area contributed by atoms with Crippen LogP contribution in [0.5, 0.6) is 0 Å². The number of thiazole rings is 1. The van der Waals surface area contributed by atoms with Crippen LogP contribution in [0.4, 0.5) is 0 Å². The highest BCUT2D eigenvalue weighted by Crippen LogP contribution is 2.27. The number of hydrogen-bond acceptors (Lipinski definition) is 4. The van der Waals surface area contributed by atoms with Crippen molar-refractivity contribution in [2.45, 2.75) is 64.8 Å². The molecule has 23 heavy (non-hydrogen) atoms. The third-order valence-corrected chi connectivity index (χ3v) is 6.25. The highest BCUT2D eigenvalue weighted by Gasteiger charge is 2.29. The molecule has 1 atom stereocenters. The Morgan fingerprint density at radius 2 is 2.04 bits per heavy atom. The SMILES string of the molecule is Cc1nc(CC(=O)NC[C@@H]2CCN(C3CCCCC3)C2)c(C)s1. The zero-order valence-corrected chi connectivity index (χ0v) is 15.3. The molecule has 1 saturated heterocycles. The predicted octanol–water partition coefficient (Wildman–Crippen LogP) is 3.07. The van der Waals surface area contributed by atoms with Gasteiger partial charge in [-0.2, -0.15) is 0 Å².